The highest BCUT2D eigenvalue weighted by atomic mass is 19.1. The molecule has 0 spiro atoms. The molecule has 0 aromatic heterocycles. The molecule has 3 aromatic carbocycles. The molecule has 172 valence electrons. The Balaban J connectivity index is 1.31. The van der Waals surface area contributed by atoms with Crippen LogP contribution in [0.5, 0.6) is 0 Å². The molecule has 34 heavy (non-hydrogen) atoms. The zero-order valence-electron chi connectivity index (χ0n) is 18.7. The number of rotatable bonds is 4. The van der Waals surface area contributed by atoms with E-state index < -0.39 is 0 Å². The van der Waals surface area contributed by atoms with Crippen LogP contribution in [0, 0.1) is 5.82 Å². The number of benzene rings is 3. The van der Waals surface area contributed by atoms with Crippen LogP contribution >= 0.6 is 0 Å². The van der Waals surface area contributed by atoms with Crippen LogP contribution in [0.1, 0.15) is 12.0 Å². The third-order valence-electron chi connectivity index (χ3n) is 6.27. The summed E-state index contributed by atoms with van der Waals surface area (Å²) >= 11 is 0. The van der Waals surface area contributed by atoms with Crippen molar-refractivity contribution >= 4 is 34.6 Å². The fourth-order valence-corrected chi connectivity index (χ4v) is 4.46. The second kappa shape index (κ2) is 9.47. The maximum atomic E-state index is 14.1. The van der Waals surface area contributed by atoms with E-state index in [1.165, 1.54) is 6.07 Å². The van der Waals surface area contributed by atoms with Crippen molar-refractivity contribution in [2.45, 2.75) is 6.42 Å². The highest BCUT2D eigenvalue weighted by Gasteiger charge is 2.29. The number of aliphatic imine (C=N–C) groups is 1. The van der Waals surface area contributed by atoms with Gasteiger partial charge >= 0.3 is 0 Å². The monoisotopic (exact) mass is 456 g/mol. The van der Waals surface area contributed by atoms with E-state index in [0.29, 0.717) is 49.0 Å². The van der Waals surface area contributed by atoms with Gasteiger partial charge in [0.25, 0.3) is 0 Å². The van der Waals surface area contributed by atoms with Gasteiger partial charge in [0.1, 0.15) is 12.4 Å². The lowest BCUT2D eigenvalue weighted by atomic mass is 10.1. The highest BCUT2D eigenvalue weighted by Crippen LogP contribution is 2.33. The van der Waals surface area contributed by atoms with Gasteiger partial charge in [-0.05, 0) is 29.8 Å². The van der Waals surface area contributed by atoms with Crippen LogP contribution in [0.2, 0.25) is 0 Å². The second-order valence-corrected chi connectivity index (χ2v) is 8.39. The molecule has 0 N–H and O–H groups in total. The first kappa shape index (κ1) is 21.8. The van der Waals surface area contributed by atoms with Crippen LogP contribution in [0.25, 0.3) is 0 Å². The number of halogens is 1. The lowest BCUT2D eigenvalue weighted by Gasteiger charge is -2.37. The Labute approximate surface area is 197 Å². The predicted molar refractivity (Wildman–Crippen MR) is 131 cm³/mol. The van der Waals surface area contributed by atoms with Gasteiger partial charge in [0.15, 0.2) is 0 Å². The van der Waals surface area contributed by atoms with Gasteiger partial charge in [-0.2, -0.15) is 0 Å². The molecular formula is C27H25FN4O2. The molecule has 1 saturated heterocycles. The van der Waals surface area contributed by atoms with Crippen LogP contribution in [0.3, 0.4) is 0 Å². The number of nitrogens with zero attached hydrogens (tertiary/aromatic N) is 4. The molecule has 0 bridgehead atoms. The van der Waals surface area contributed by atoms with E-state index in [9.17, 15) is 14.0 Å². The van der Waals surface area contributed by atoms with Crippen LogP contribution in [-0.4, -0.2) is 55.1 Å². The Hall–Kier alpha value is -4.00. The van der Waals surface area contributed by atoms with Gasteiger partial charge in [0.2, 0.25) is 11.8 Å². The van der Waals surface area contributed by atoms with E-state index in [1.807, 2.05) is 65.6 Å². The third-order valence-corrected chi connectivity index (χ3v) is 6.27. The normalized spacial score (nSPS) is 16.1. The molecule has 0 saturated carbocycles. The molecule has 2 amide bonds. The minimum absolute atomic E-state index is 0.0485. The lowest BCUT2D eigenvalue weighted by Crippen LogP contribution is -2.52. The summed E-state index contributed by atoms with van der Waals surface area (Å²) in [6, 6.07) is 23.7. The number of carbonyl (C=O) groups is 2. The number of para-hydroxylation sites is 3. The molecular weight excluding hydrogens is 431 g/mol. The molecule has 6 nitrogen and oxygen atoms in total. The molecule has 2 aliphatic heterocycles. The van der Waals surface area contributed by atoms with Gasteiger partial charge in [-0.3, -0.25) is 14.6 Å². The first-order chi connectivity index (χ1) is 16.6. The molecule has 0 unspecified atom stereocenters. The molecule has 7 heteroatoms. The van der Waals surface area contributed by atoms with Crippen LogP contribution in [-0.2, 0) is 9.59 Å². The van der Waals surface area contributed by atoms with Crippen molar-refractivity contribution in [1.82, 2.24) is 4.90 Å². The van der Waals surface area contributed by atoms with Crippen molar-refractivity contribution in [3.63, 3.8) is 0 Å². The number of carbonyl (C=O) groups excluding carboxylic acids is 2. The number of anilines is 2. The Morgan fingerprint density at radius 2 is 1.47 bits per heavy atom. The van der Waals surface area contributed by atoms with E-state index in [0.717, 1.165) is 5.56 Å². The largest absolute Gasteiger partial charge is 0.366 e. The summed E-state index contributed by atoms with van der Waals surface area (Å²) in [6.07, 6.45) is 0.118. The first-order valence-corrected chi connectivity index (χ1v) is 11.4. The molecule has 5 rings (SSSR count). The molecule has 0 atom stereocenters. The summed E-state index contributed by atoms with van der Waals surface area (Å²) < 4.78 is 14.1. The Bertz CT molecular complexity index is 1240. The van der Waals surface area contributed by atoms with Crippen LogP contribution in [0.15, 0.2) is 83.9 Å². The van der Waals surface area contributed by atoms with Gasteiger partial charge in [0, 0.05) is 26.2 Å². The minimum Gasteiger partial charge on any atom is -0.366 e. The molecule has 1 fully saturated rings. The lowest BCUT2D eigenvalue weighted by molar-refractivity contribution is -0.131. The Morgan fingerprint density at radius 1 is 0.824 bits per heavy atom. The van der Waals surface area contributed by atoms with Crippen LogP contribution < -0.4 is 9.80 Å². The van der Waals surface area contributed by atoms with Gasteiger partial charge in [-0.25, -0.2) is 4.39 Å². The molecule has 2 aliphatic rings. The molecule has 2 heterocycles. The van der Waals surface area contributed by atoms with E-state index in [-0.39, 0.29) is 30.6 Å². The fraction of sp³-hybridized carbons (Fsp3) is 0.222. The molecule has 3 aromatic rings. The summed E-state index contributed by atoms with van der Waals surface area (Å²) in [7, 11) is 0. The summed E-state index contributed by atoms with van der Waals surface area (Å²) in [5, 5.41) is 0. The van der Waals surface area contributed by atoms with E-state index in [2.05, 4.69) is 0 Å². The second-order valence-electron chi connectivity index (χ2n) is 8.39. The van der Waals surface area contributed by atoms with Crippen molar-refractivity contribution in [1.29, 1.82) is 0 Å². The number of hydrogen-bond donors (Lipinski definition) is 0. The standard InChI is InChI=1S/C27H25FN4O2/c28-21-10-4-6-12-24(21)30-14-16-31(17-15-30)27(34)19-32-25-13-7-5-11-22(25)29-23(18-26(32)33)20-8-2-1-3-9-20/h1-13H,14-19H2. The summed E-state index contributed by atoms with van der Waals surface area (Å²) in [5.74, 6) is -0.548. The van der Waals surface area contributed by atoms with E-state index >= 15 is 0 Å². The summed E-state index contributed by atoms with van der Waals surface area (Å²) in [4.78, 5) is 36.5. The number of hydrogen-bond acceptors (Lipinski definition) is 4. The van der Waals surface area contributed by atoms with E-state index in [1.54, 1.807) is 21.9 Å². The summed E-state index contributed by atoms with van der Waals surface area (Å²) in [6.45, 7) is 1.98. The van der Waals surface area contributed by atoms with Gasteiger partial charge in [0.05, 0.1) is 29.2 Å². The van der Waals surface area contributed by atoms with Gasteiger partial charge in [-0.1, -0.05) is 54.6 Å². The van der Waals surface area contributed by atoms with Crippen molar-refractivity contribution < 1.29 is 14.0 Å². The zero-order chi connectivity index (χ0) is 23.5. The number of fused-ring (bicyclic) bond motifs is 1. The molecule has 0 aliphatic carbocycles. The van der Waals surface area contributed by atoms with Gasteiger partial charge < -0.3 is 14.7 Å². The number of piperazine rings is 1. The number of amides is 2. The highest BCUT2D eigenvalue weighted by molar-refractivity contribution is 6.18. The fourth-order valence-electron chi connectivity index (χ4n) is 4.46. The minimum atomic E-state index is -0.261. The third kappa shape index (κ3) is 4.41. The Morgan fingerprint density at radius 3 is 2.21 bits per heavy atom. The van der Waals surface area contributed by atoms with Crippen molar-refractivity contribution in [2.24, 2.45) is 4.99 Å². The van der Waals surface area contributed by atoms with Gasteiger partial charge in [-0.15, -0.1) is 0 Å². The summed E-state index contributed by atoms with van der Waals surface area (Å²) in [5.41, 5.74) is 3.44. The smallest absolute Gasteiger partial charge is 0.242 e. The SMILES string of the molecule is O=C(CN1C(=O)CC(c2ccccc2)=Nc2ccccc21)N1CCN(c2ccccc2F)CC1. The van der Waals surface area contributed by atoms with Crippen molar-refractivity contribution in [3.05, 3.63) is 90.2 Å². The zero-order valence-corrected chi connectivity index (χ0v) is 18.7. The van der Waals surface area contributed by atoms with Crippen molar-refractivity contribution in [3.8, 4) is 0 Å². The quantitative estimate of drug-likeness (QED) is 0.596. The van der Waals surface area contributed by atoms with Crippen molar-refractivity contribution in [2.75, 3.05) is 42.5 Å². The van der Waals surface area contributed by atoms with E-state index in [4.69, 9.17) is 4.99 Å². The topological polar surface area (TPSA) is 56.2 Å². The first-order valence-electron chi connectivity index (χ1n) is 11.4. The molecule has 0 radical (unpaired) electrons. The average Bonchev–Trinajstić information content (AvgIpc) is 3.01. The average molecular weight is 457 g/mol. The maximum Gasteiger partial charge on any atom is 0.242 e. The predicted octanol–water partition coefficient (Wildman–Crippen LogP) is 4.03. The maximum absolute atomic E-state index is 14.1. The Kier molecular flexibility index (Phi) is 6.08. The van der Waals surface area contributed by atoms with Crippen LogP contribution in [0.4, 0.5) is 21.5 Å².